The average Bonchev–Trinajstić information content (AvgIpc) is 3.51. The Hall–Kier alpha value is -3.22. The van der Waals surface area contributed by atoms with Crippen LogP contribution in [0.3, 0.4) is 0 Å². The molecule has 200 valence electrons. The summed E-state index contributed by atoms with van der Waals surface area (Å²) in [6.07, 6.45) is 3.83. The van der Waals surface area contributed by atoms with Crippen LogP contribution in [0, 0.1) is 0 Å². The van der Waals surface area contributed by atoms with Crippen LogP contribution in [-0.4, -0.2) is 9.67 Å². The fourth-order valence-electron chi connectivity index (χ4n) is 5.75. The lowest BCUT2D eigenvalue weighted by Crippen LogP contribution is -2.38. The first-order chi connectivity index (χ1) is 18.4. The van der Waals surface area contributed by atoms with Crippen molar-refractivity contribution < 1.29 is 5.11 Å². The second-order valence-corrected chi connectivity index (χ2v) is 14.6. The first kappa shape index (κ1) is 26.0. The number of aryl methyl sites for hydroxylation is 1. The van der Waals surface area contributed by atoms with Gasteiger partial charge in [-0.2, -0.15) is 0 Å². The maximum atomic E-state index is 14.1. The molecule has 0 spiro atoms. The van der Waals surface area contributed by atoms with Crippen LogP contribution in [0.1, 0.15) is 86.7 Å². The summed E-state index contributed by atoms with van der Waals surface area (Å²) in [6.45, 7) is 12.6. The monoisotopic (exact) mass is 554 g/mol. The predicted octanol–water partition coefficient (Wildman–Crippen LogP) is 6.68. The summed E-state index contributed by atoms with van der Waals surface area (Å²) >= 11 is 3.15. The molecule has 2 aromatic heterocycles. The molecule has 0 fully saturated rings. The van der Waals surface area contributed by atoms with Crippen LogP contribution in [0.15, 0.2) is 69.3 Å². The number of fused-ring (bicyclic) bond motifs is 3. The molecular weight excluding hydrogens is 521 g/mol. The van der Waals surface area contributed by atoms with Gasteiger partial charge >= 0.3 is 0 Å². The van der Waals surface area contributed by atoms with Crippen molar-refractivity contribution in [1.82, 2.24) is 4.57 Å². The highest BCUT2D eigenvalue weighted by atomic mass is 32.1. The Bertz CT molecular complexity index is 1770. The lowest BCUT2D eigenvalue weighted by atomic mass is 9.78. The van der Waals surface area contributed by atoms with E-state index in [9.17, 15) is 9.90 Å². The van der Waals surface area contributed by atoms with Crippen LogP contribution < -0.4 is 14.9 Å². The number of aromatic nitrogens is 1. The van der Waals surface area contributed by atoms with Crippen LogP contribution >= 0.6 is 22.7 Å². The highest BCUT2D eigenvalue weighted by Crippen LogP contribution is 2.43. The molecule has 0 saturated carbocycles. The van der Waals surface area contributed by atoms with Gasteiger partial charge in [0.05, 0.1) is 16.3 Å². The molecule has 4 nitrogen and oxygen atoms in total. The van der Waals surface area contributed by atoms with Gasteiger partial charge in [0.2, 0.25) is 0 Å². The minimum Gasteiger partial charge on any atom is -0.507 e. The third-order valence-corrected chi connectivity index (χ3v) is 9.64. The van der Waals surface area contributed by atoms with Crippen LogP contribution in [0.25, 0.3) is 11.8 Å². The summed E-state index contributed by atoms with van der Waals surface area (Å²) in [7, 11) is 0. The van der Waals surface area contributed by atoms with Gasteiger partial charge in [0.1, 0.15) is 5.75 Å². The van der Waals surface area contributed by atoms with Crippen LogP contribution in [0.2, 0.25) is 0 Å². The van der Waals surface area contributed by atoms with E-state index in [4.69, 9.17) is 4.99 Å². The van der Waals surface area contributed by atoms with Gasteiger partial charge in [0, 0.05) is 21.6 Å². The second-order valence-electron chi connectivity index (χ2n) is 12.6. The Morgan fingerprint density at radius 1 is 0.974 bits per heavy atom. The summed E-state index contributed by atoms with van der Waals surface area (Å²) in [5.74, 6) is 0.345. The first-order valence-corrected chi connectivity index (χ1v) is 15.2. The molecule has 1 atom stereocenters. The van der Waals surface area contributed by atoms with E-state index in [-0.39, 0.29) is 22.4 Å². The number of benzene rings is 2. The number of aromatic hydroxyl groups is 1. The molecule has 1 aliphatic heterocycles. The summed E-state index contributed by atoms with van der Waals surface area (Å²) in [5, 5.41) is 13.3. The number of hydrogen-bond donors (Lipinski definition) is 1. The number of allylic oxidation sites excluding steroid dienone is 1. The van der Waals surface area contributed by atoms with Crippen molar-refractivity contribution in [2.75, 3.05) is 0 Å². The Morgan fingerprint density at radius 2 is 1.67 bits per heavy atom. The SMILES string of the molecule is CC(C)(C)c1cc(C=c2sc3n(c2=O)[C@@H](c2cccs2)C2=C(N=3)c3ccccc3CC2)cc(C(C)(C)C)c1O. The van der Waals surface area contributed by atoms with E-state index in [1.165, 1.54) is 32.9 Å². The van der Waals surface area contributed by atoms with E-state index < -0.39 is 0 Å². The molecule has 3 heterocycles. The molecule has 0 radical (unpaired) electrons. The number of phenolic OH excluding ortho intramolecular Hbond substituents is 1. The van der Waals surface area contributed by atoms with Crippen molar-refractivity contribution in [1.29, 1.82) is 0 Å². The molecule has 1 N–H and O–H groups in total. The average molecular weight is 555 g/mol. The molecule has 0 unspecified atom stereocenters. The third kappa shape index (κ3) is 4.44. The highest BCUT2D eigenvalue weighted by Gasteiger charge is 2.33. The minimum absolute atomic E-state index is 0.00903. The van der Waals surface area contributed by atoms with Gasteiger partial charge in [-0.15, -0.1) is 11.3 Å². The Morgan fingerprint density at radius 3 is 2.31 bits per heavy atom. The van der Waals surface area contributed by atoms with E-state index in [0.29, 0.717) is 10.3 Å². The Balaban J connectivity index is 1.60. The summed E-state index contributed by atoms with van der Waals surface area (Å²) in [4.78, 5) is 21.1. The van der Waals surface area contributed by atoms with E-state index in [2.05, 4.69) is 83.3 Å². The van der Waals surface area contributed by atoms with Crippen LogP contribution in [-0.2, 0) is 17.3 Å². The van der Waals surface area contributed by atoms with E-state index in [1.807, 2.05) is 22.8 Å². The lowest BCUT2D eigenvalue weighted by Gasteiger charge is -2.30. The van der Waals surface area contributed by atoms with Crippen LogP contribution in [0.5, 0.6) is 5.75 Å². The first-order valence-electron chi connectivity index (χ1n) is 13.5. The van der Waals surface area contributed by atoms with Crippen molar-refractivity contribution in [3.8, 4) is 5.75 Å². The van der Waals surface area contributed by atoms with E-state index in [1.54, 1.807) is 11.3 Å². The fraction of sp³-hybridized carbons (Fsp3) is 0.333. The van der Waals surface area contributed by atoms with Gasteiger partial charge in [-0.3, -0.25) is 9.36 Å². The lowest BCUT2D eigenvalue weighted by molar-refractivity contribution is 0.423. The molecule has 2 aromatic carbocycles. The number of phenols is 1. The quantitative estimate of drug-likeness (QED) is 0.301. The molecule has 39 heavy (non-hydrogen) atoms. The molecule has 1 aliphatic carbocycles. The number of thiazole rings is 1. The van der Waals surface area contributed by atoms with E-state index >= 15 is 0 Å². The fourth-order valence-corrected chi connectivity index (χ4v) is 7.60. The van der Waals surface area contributed by atoms with Crippen molar-refractivity contribution in [2.45, 2.75) is 71.3 Å². The van der Waals surface area contributed by atoms with Crippen LogP contribution in [0.4, 0.5) is 0 Å². The van der Waals surface area contributed by atoms with Gasteiger partial charge in [-0.1, -0.05) is 83.2 Å². The maximum Gasteiger partial charge on any atom is 0.271 e. The largest absolute Gasteiger partial charge is 0.507 e. The molecule has 4 aromatic rings. The Labute approximate surface area is 237 Å². The molecule has 0 amide bonds. The summed E-state index contributed by atoms with van der Waals surface area (Å²) in [5.41, 5.74) is 6.96. The Kier molecular flexibility index (Phi) is 6.12. The van der Waals surface area contributed by atoms with Gasteiger partial charge < -0.3 is 5.11 Å². The van der Waals surface area contributed by atoms with Crippen molar-refractivity contribution in [3.05, 3.63) is 112 Å². The molecule has 0 bridgehead atoms. The number of nitrogens with zero attached hydrogens (tertiary/aromatic N) is 2. The number of hydrogen-bond acceptors (Lipinski definition) is 5. The third-order valence-electron chi connectivity index (χ3n) is 7.73. The second kappa shape index (κ2) is 9.17. The van der Waals surface area contributed by atoms with Crippen molar-refractivity contribution >= 4 is 34.4 Å². The number of thiophene rings is 1. The zero-order chi connectivity index (χ0) is 27.7. The standard InChI is InChI=1S/C33H34N2O2S2/c1-32(2,3)23-16-19(17-24(29(23)36)33(4,5)6)18-26-30(37)35-28(25-12-9-15-38-25)22-14-13-20-10-7-8-11-21(20)27(22)34-31(35)39-26/h7-12,15-18,28,36H,13-14H2,1-6H3/t28-/m1/s1. The molecule has 6 heteroatoms. The van der Waals surface area contributed by atoms with Gasteiger partial charge in [0.15, 0.2) is 4.80 Å². The van der Waals surface area contributed by atoms with E-state index in [0.717, 1.165) is 40.0 Å². The predicted molar refractivity (Wildman–Crippen MR) is 163 cm³/mol. The summed E-state index contributed by atoms with van der Waals surface area (Å²) in [6, 6.07) is 16.6. The zero-order valence-corrected chi connectivity index (χ0v) is 25.0. The maximum absolute atomic E-state index is 14.1. The smallest absolute Gasteiger partial charge is 0.271 e. The molecule has 0 saturated heterocycles. The summed E-state index contributed by atoms with van der Waals surface area (Å²) < 4.78 is 2.57. The topological polar surface area (TPSA) is 54.6 Å². The van der Waals surface area contributed by atoms with Gasteiger partial charge in [-0.25, -0.2) is 4.99 Å². The molecule has 2 aliphatic rings. The molecular formula is C33H34N2O2S2. The normalized spacial score (nSPS) is 17.5. The van der Waals surface area contributed by atoms with Crippen molar-refractivity contribution in [3.63, 3.8) is 0 Å². The van der Waals surface area contributed by atoms with Gasteiger partial charge in [-0.05, 0) is 70.0 Å². The highest BCUT2D eigenvalue weighted by molar-refractivity contribution is 7.10. The zero-order valence-electron chi connectivity index (χ0n) is 23.3. The minimum atomic E-state index is -0.242. The van der Waals surface area contributed by atoms with Gasteiger partial charge in [0.25, 0.3) is 5.56 Å². The number of rotatable bonds is 2. The molecule has 6 rings (SSSR count). The van der Waals surface area contributed by atoms with Crippen molar-refractivity contribution in [2.24, 2.45) is 4.99 Å².